The molecule has 2 N–H and O–H groups in total. The van der Waals surface area contributed by atoms with Gasteiger partial charge in [-0.3, -0.25) is 9.59 Å². The molecule has 0 aromatic rings. The third-order valence-electron chi connectivity index (χ3n) is 2.75. The zero-order valence-corrected chi connectivity index (χ0v) is 10.2. The van der Waals surface area contributed by atoms with E-state index in [4.69, 9.17) is 5.11 Å². The number of carboxylic acids is 1. The number of thioether (sulfide) groups is 1. The fourth-order valence-corrected chi connectivity index (χ4v) is 3.48. The van der Waals surface area contributed by atoms with Gasteiger partial charge in [0.15, 0.2) is 0 Å². The average Bonchev–Trinajstić information content (AvgIpc) is 2.14. The third kappa shape index (κ3) is 1.90. The molecule has 1 saturated heterocycles. The monoisotopic (exact) mass is 256 g/mol. The summed E-state index contributed by atoms with van der Waals surface area (Å²) >= 11 is 1.28. The minimum absolute atomic E-state index is 0.0157. The number of amides is 2. The van der Waals surface area contributed by atoms with Gasteiger partial charge in [0.1, 0.15) is 4.87 Å². The maximum Gasteiger partial charge on any atom is 0.336 e. The van der Waals surface area contributed by atoms with Crippen molar-refractivity contribution < 1.29 is 19.5 Å². The summed E-state index contributed by atoms with van der Waals surface area (Å²) in [6.07, 6.45) is 1.70. The number of β-lactam (4-membered cyclic amide) rings is 1. The Kier molecular flexibility index (Phi) is 2.65. The highest BCUT2D eigenvalue weighted by Crippen LogP contribution is 2.45. The van der Waals surface area contributed by atoms with Gasteiger partial charge < -0.3 is 15.3 Å². The maximum absolute atomic E-state index is 11.3. The van der Waals surface area contributed by atoms with E-state index in [1.54, 1.807) is 6.92 Å². The van der Waals surface area contributed by atoms with Crippen molar-refractivity contribution in [2.75, 3.05) is 0 Å². The summed E-state index contributed by atoms with van der Waals surface area (Å²) in [6, 6.07) is 0. The van der Waals surface area contributed by atoms with Gasteiger partial charge in [-0.1, -0.05) is 0 Å². The molecular weight excluding hydrogens is 244 g/mol. The van der Waals surface area contributed by atoms with Crippen LogP contribution in [0.4, 0.5) is 0 Å². The molecule has 17 heavy (non-hydrogen) atoms. The zero-order chi connectivity index (χ0) is 12.8. The summed E-state index contributed by atoms with van der Waals surface area (Å²) in [4.78, 5) is 34.0. The molecule has 0 aliphatic carbocycles. The molecule has 0 spiro atoms. The highest BCUT2D eigenvalue weighted by Gasteiger charge is 2.49. The number of nitrogens with one attached hydrogen (secondary N) is 1. The van der Waals surface area contributed by atoms with Gasteiger partial charge in [0.2, 0.25) is 11.8 Å². The van der Waals surface area contributed by atoms with Crippen molar-refractivity contribution in [2.24, 2.45) is 0 Å². The summed E-state index contributed by atoms with van der Waals surface area (Å²) in [5, 5.41) is 11.7. The lowest BCUT2D eigenvalue weighted by Gasteiger charge is -2.47. The number of carbonyl (C=O) groups excluding carboxylic acids is 2. The van der Waals surface area contributed by atoms with Gasteiger partial charge in [0.05, 0.1) is 17.4 Å². The van der Waals surface area contributed by atoms with Crippen LogP contribution in [0.3, 0.4) is 0 Å². The van der Waals surface area contributed by atoms with Crippen LogP contribution in [0.2, 0.25) is 0 Å². The molecule has 2 amide bonds. The second-order valence-electron chi connectivity index (χ2n) is 4.14. The van der Waals surface area contributed by atoms with Crippen LogP contribution in [0, 0.1) is 0 Å². The van der Waals surface area contributed by atoms with Crippen LogP contribution < -0.4 is 5.32 Å². The normalized spacial score (nSPS) is 31.2. The van der Waals surface area contributed by atoms with Crippen molar-refractivity contribution >= 4 is 29.5 Å². The van der Waals surface area contributed by atoms with Crippen molar-refractivity contribution in [2.45, 2.75) is 30.5 Å². The van der Waals surface area contributed by atoms with E-state index < -0.39 is 10.8 Å². The van der Waals surface area contributed by atoms with E-state index in [1.807, 2.05) is 0 Å². The Bertz CT molecular complexity index is 448. The van der Waals surface area contributed by atoms with Gasteiger partial charge in [0.25, 0.3) is 0 Å². The van der Waals surface area contributed by atoms with E-state index in [-0.39, 0.29) is 22.8 Å². The molecule has 7 heteroatoms. The molecule has 0 radical (unpaired) electrons. The van der Waals surface area contributed by atoms with Crippen molar-refractivity contribution in [3.63, 3.8) is 0 Å². The molecule has 2 aliphatic heterocycles. The number of nitrogens with zero attached hydrogens (tertiary/aromatic N) is 1. The van der Waals surface area contributed by atoms with Gasteiger partial charge in [-0.15, -0.1) is 11.8 Å². The minimum Gasteiger partial charge on any atom is -0.478 e. The first kappa shape index (κ1) is 12.0. The number of fused-ring (bicyclic) bond motifs is 1. The first-order valence-corrected chi connectivity index (χ1v) is 5.95. The second kappa shape index (κ2) is 3.76. The predicted octanol–water partition coefficient (Wildman–Crippen LogP) is 0.112. The number of hydrogen-bond acceptors (Lipinski definition) is 4. The zero-order valence-electron chi connectivity index (χ0n) is 9.39. The van der Waals surface area contributed by atoms with Crippen molar-refractivity contribution in [1.29, 1.82) is 0 Å². The predicted molar refractivity (Wildman–Crippen MR) is 60.8 cm³/mol. The fourth-order valence-electron chi connectivity index (χ4n) is 1.94. The Morgan fingerprint density at radius 3 is 2.76 bits per heavy atom. The van der Waals surface area contributed by atoms with Gasteiger partial charge in [0, 0.05) is 13.1 Å². The first-order valence-electron chi connectivity index (χ1n) is 5.07. The first-order chi connectivity index (χ1) is 7.83. The van der Waals surface area contributed by atoms with E-state index in [0.717, 1.165) is 0 Å². The lowest BCUT2D eigenvalue weighted by atomic mass is 10.1. The lowest BCUT2D eigenvalue weighted by molar-refractivity contribution is -0.138. The van der Waals surface area contributed by atoms with Crippen LogP contribution in [0.1, 0.15) is 20.3 Å². The highest BCUT2D eigenvalue weighted by molar-refractivity contribution is 8.01. The van der Waals surface area contributed by atoms with Gasteiger partial charge in [-0.25, -0.2) is 4.79 Å². The standard InChI is InChI=1S/C10H12N2O4S/c1-5(13)11-10(2)6(9(15)16)4-12-7(14)3-8(12)17-10/h4,8H,3H2,1-2H3,(H,11,13)(H,15,16)/t8-,10?/m1/s1. The highest BCUT2D eigenvalue weighted by atomic mass is 32.2. The summed E-state index contributed by atoms with van der Waals surface area (Å²) in [7, 11) is 0. The molecule has 2 heterocycles. The summed E-state index contributed by atoms with van der Waals surface area (Å²) in [5.41, 5.74) is 0.0157. The van der Waals surface area contributed by atoms with E-state index in [2.05, 4.69) is 5.32 Å². The Hall–Kier alpha value is -1.50. The number of aliphatic carboxylic acids is 1. The number of carbonyl (C=O) groups is 3. The number of rotatable bonds is 2. The Balaban J connectivity index is 2.35. The van der Waals surface area contributed by atoms with E-state index >= 15 is 0 Å². The maximum atomic E-state index is 11.3. The molecule has 2 rings (SSSR count). The third-order valence-corrected chi connectivity index (χ3v) is 4.21. The molecular formula is C10H12N2O4S. The Morgan fingerprint density at radius 1 is 1.65 bits per heavy atom. The largest absolute Gasteiger partial charge is 0.478 e. The van der Waals surface area contributed by atoms with Crippen molar-refractivity contribution in [1.82, 2.24) is 10.2 Å². The molecule has 2 aliphatic rings. The van der Waals surface area contributed by atoms with Gasteiger partial charge in [-0.2, -0.15) is 0 Å². The molecule has 2 atom stereocenters. The summed E-state index contributed by atoms with van der Waals surface area (Å²) in [5.74, 6) is -1.52. The van der Waals surface area contributed by atoms with Gasteiger partial charge >= 0.3 is 5.97 Å². The fraction of sp³-hybridized carbons (Fsp3) is 0.500. The molecule has 1 fully saturated rings. The van der Waals surface area contributed by atoms with Crippen LogP contribution >= 0.6 is 11.8 Å². The van der Waals surface area contributed by atoms with E-state index in [1.165, 1.54) is 29.8 Å². The SMILES string of the molecule is CC(=O)NC1(C)S[C@@H]2CC(=O)N2C=C1C(=O)O. The van der Waals surface area contributed by atoms with E-state index in [0.29, 0.717) is 6.42 Å². The van der Waals surface area contributed by atoms with E-state index in [9.17, 15) is 14.4 Å². The Labute approximate surface area is 102 Å². The molecule has 0 saturated carbocycles. The molecule has 1 unspecified atom stereocenters. The van der Waals surface area contributed by atoms with Crippen LogP contribution in [0.15, 0.2) is 11.8 Å². The molecule has 6 nitrogen and oxygen atoms in total. The van der Waals surface area contributed by atoms with Crippen molar-refractivity contribution in [3.05, 3.63) is 11.8 Å². The van der Waals surface area contributed by atoms with Gasteiger partial charge in [-0.05, 0) is 6.92 Å². The molecule has 92 valence electrons. The average molecular weight is 256 g/mol. The van der Waals surface area contributed by atoms with Crippen molar-refractivity contribution in [3.8, 4) is 0 Å². The van der Waals surface area contributed by atoms with Crippen LogP contribution in [0.5, 0.6) is 0 Å². The minimum atomic E-state index is -1.13. The second-order valence-corrected chi connectivity index (χ2v) is 5.74. The molecule has 0 bridgehead atoms. The topological polar surface area (TPSA) is 86.7 Å². The summed E-state index contributed by atoms with van der Waals surface area (Å²) < 4.78 is 0. The number of hydrogen-bond donors (Lipinski definition) is 2. The smallest absolute Gasteiger partial charge is 0.336 e. The number of carboxylic acid groups (broad SMARTS) is 1. The molecule has 0 aromatic carbocycles. The Morgan fingerprint density at radius 2 is 2.29 bits per heavy atom. The van der Waals surface area contributed by atoms with Crippen LogP contribution in [0.25, 0.3) is 0 Å². The van der Waals surface area contributed by atoms with Crippen LogP contribution in [-0.2, 0) is 14.4 Å². The quantitative estimate of drug-likeness (QED) is 0.685. The summed E-state index contributed by atoms with van der Waals surface area (Å²) in [6.45, 7) is 2.97. The van der Waals surface area contributed by atoms with Crippen LogP contribution in [-0.4, -0.2) is 38.0 Å². The lowest BCUT2D eigenvalue weighted by Crippen LogP contribution is -2.58. The molecule has 0 aromatic heterocycles.